The van der Waals surface area contributed by atoms with Crippen molar-refractivity contribution in [3.8, 4) is 0 Å². The van der Waals surface area contributed by atoms with Gasteiger partial charge in [0, 0.05) is 24.6 Å². The van der Waals surface area contributed by atoms with Crippen LogP contribution in [0.5, 0.6) is 0 Å². The number of nitrogens with zero attached hydrogens (tertiary/aromatic N) is 1. The number of carbonyl (C=O) groups excluding carboxylic acids is 2. The lowest BCUT2D eigenvalue weighted by molar-refractivity contribution is -0.142. The molecule has 0 bridgehead atoms. The quantitative estimate of drug-likeness (QED) is 0.798. The van der Waals surface area contributed by atoms with Crippen LogP contribution in [0.3, 0.4) is 0 Å². The van der Waals surface area contributed by atoms with E-state index in [1.807, 2.05) is 0 Å². The molecule has 1 N–H and O–H groups in total. The van der Waals surface area contributed by atoms with Crippen LogP contribution in [-0.4, -0.2) is 48.1 Å². The van der Waals surface area contributed by atoms with Gasteiger partial charge in [-0.1, -0.05) is 26.7 Å². The van der Waals surface area contributed by atoms with Crippen molar-refractivity contribution in [2.75, 3.05) is 7.11 Å². The summed E-state index contributed by atoms with van der Waals surface area (Å²) in [6.45, 7) is 4.30. The Labute approximate surface area is 126 Å². The topological polar surface area (TPSA) is 58.6 Å². The summed E-state index contributed by atoms with van der Waals surface area (Å²) >= 11 is 0. The fourth-order valence-corrected chi connectivity index (χ4v) is 4.14. The van der Waals surface area contributed by atoms with Gasteiger partial charge in [-0.3, -0.25) is 14.5 Å². The second-order valence-electron chi connectivity index (χ2n) is 7.30. The minimum absolute atomic E-state index is 0.00446. The van der Waals surface area contributed by atoms with Gasteiger partial charge in [-0.05, 0) is 19.3 Å². The van der Waals surface area contributed by atoms with Gasteiger partial charge in [0.1, 0.15) is 0 Å². The molecule has 3 atom stereocenters. The third-order valence-corrected chi connectivity index (χ3v) is 5.74. The molecule has 0 aromatic rings. The van der Waals surface area contributed by atoms with Gasteiger partial charge in [0.15, 0.2) is 0 Å². The van der Waals surface area contributed by atoms with Crippen LogP contribution >= 0.6 is 0 Å². The lowest BCUT2D eigenvalue weighted by Gasteiger charge is -2.52. The van der Waals surface area contributed by atoms with Crippen LogP contribution in [-0.2, 0) is 14.3 Å². The fourth-order valence-electron chi connectivity index (χ4n) is 4.14. The summed E-state index contributed by atoms with van der Waals surface area (Å²) in [5.41, 5.74) is 0.0128. The molecule has 2 amide bonds. The number of carbonyl (C=O) groups is 2. The van der Waals surface area contributed by atoms with Gasteiger partial charge in [0.2, 0.25) is 11.8 Å². The summed E-state index contributed by atoms with van der Waals surface area (Å²) in [6.07, 6.45) is 5.67. The smallest absolute Gasteiger partial charge is 0.247 e. The van der Waals surface area contributed by atoms with Crippen LogP contribution in [0, 0.1) is 5.41 Å². The molecule has 1 saturated heterocycles. The highest BCUT2D eigenvalue weighted by atomic mass is 16.5. The largest absolute Gasteiger partial charge is 0.381 e. The van der Waals surface area contributed by atoms with E-state index in [-0.39, 0.29) is 41.5 Å². The van der Waals surface area contributed by atoms with Crippen molar-refractivity contribution in [2.45, 2.75) is 76.6 Å². The Morgan fingerprint density at radius 2 is 1.90 bits per heavy atom. The number of hydrogen-bond acceptors (Lipinski definition) is 4. The van der Waals surface area contributed by atoms with Crippen molar-refractivity contribution >= 4 is 11.8 Å². The number of rotatable bonds is 4. The summed E-state index contributed by atoms with van der Waals surface area (Å²) in [4.78, 5) is 26.3. The lowest BCUT2D eigenvalue weighted by Crippen LogP contribution is -2.63. The zero-order chi connectivity index (χ0) is 15.2. The van der Waals surface area contributed by atoms with Gasteiger partial charge in [-0.15, -0.1) is 0 Å². The molecule has 3 unspecified atom stereocenters. The Hall–Kier alpha value is -0.940. The van der Waals surface area contributed by atoms with Crippen molar-refractivity contribution in [1.29, 1.82) is 0 Å². The molecule has 5 heteroatoms. The minimum Gasteiger partial charge on any atom is -0.381 e. The predicted octanol–water partition coefficient (Wildman–Crippen LogP) is 1.46. The summed E-state index contributed by atoms with van der Waals surface area (Å²) in [7, 11) is 1.73. The molecular weight excluding hydrogens is 268 g/mol. The Kier molecular flexibility index (Phi) is 3.82. The van der Waals surface area contributed by atoms with E-state index in [0.717, 1.165) is 32.1 Å². The maximum Gasteiger partial charge on any atom is 0.247 e. The molecule has 1 aliphatic heterocycles. The second-order valence-corrected chi connectivity index (χ2v) is 7.30. The van der Waals surface area contributed by atoms with Gasteiger partial charge < -0.3 is 10.1 Å². The van der Waals surface area contributed by atoms with Crippen LogP contribution in [0.4, 0.5) is 0 Å². The number of nitrogens with one attached hydrogen (secondary N) is 1. The Balaban J connectivity index is 1.63. The van der Waals surface area contributed by atoms with E-state index in [4.69, 9.17) is 4.74 Å². The molecule has 3 fully saturated rings. The van der Waals surface area contributed by atoms with Crippen molar-refractivity contribution in [2.24, 2.45) is 5.41 Å². The zero-order valence-electron chi connectivity index (χ0n) is 13.2. The van der Waals surface area contributed by atoms with Gasteiger partial charge in [-0.25, -0.2) is 0 Å². The van der Waals surface area contributed by atoms with E-state index in [0.29, 0.717) is 6.42 Å². The van der Waals surface area contributed by atoms with E-state index >= 15 is 0 Å². The molecule has 2 saturated carbocycles. The van der Waals surface area contributed by atoms with Crippen LogP contribution in [0.2, 0.25) is 0 Å². The second kappa shape index (κ2) is 5.36. The molecule has 3 aliphatic rings. The Morgan fingerprint density at radius 1 is 1.24 bits per heavy atom. The van der Waals surface area contributed by atoms with Crippen molar-refractivity contribution < 1.29 is 14.3 Å². The van der Waals surface area contributed by atoms with Crippen molar-refractivity contribution in [3.63, 3.8) is 0 Å². The molecule has 2 aliphatic carbocycles. The first-order valence-electron chi connectivity index (χ1n) is 8.10. The van der Waals surface area contributed by atoms with E-state index in [1.165, 1.54) is 0 Å². The van der Waals surface area contributed by atoms with Crippen LogP contribution in [0.1, 0.15) is 52.4 Å². The van der Waals surface area contributed by atoms with E-state index in [1.54, 1.807) is 12.0 Å². The molecule has 21 heavy (non-hydrogen) atoms. The summed E-state index contributed by atoms with van der Waals surface area (Å²) < 4.78 is 5.44. The highest BCUT2D eigenvalue weighted by Gasteiger charge is 2.52. The predicted molar refractivity (Wildman–Crippen MR) is 78.6 cm³/mol. The number of hydrogen-bond donors (Lipinski definition) is 1. The van der Waals surface area contributed by atoms with E-state index in [2.05, 4.69) is 19.2 Å². The summed E-state index contributed by atoms with van der Waals surface area (Å²) in [5.74, 6) is -0.00612. The Morgan fingerprint density at radius 3 is 2.48 bits per heavy atom. The van der Waals surface area contributed by atoms with Crippen molar-refractivity contribution in [1.82, 2.24) is 10.2 Å². The highest BCUT2D eigenvalue weighted by Crippen LogP contribution is 2.43. The number of ether oxygens (including phenoxy) is 1. The average Bonchev–Trinajstić information content (AvgIpc) is 3.03. The van der Waals surface area contributed by atoms with Gasteiger partial charge >= 0.3 is 0 Å². The van der Waals surface area contributed by atoms with Gasteiger partial charge in [0.05, 0.1) is 18.6 Å². The van der Waals surface area contributed by atoms with E-state index in [9.17, 15) is 9.59 Å². The molecule has 0 aromatic heterocycles. The number of likely N-dealkylation sites (tertiary alicyclic amines) is 1. The minimum atomic E-state index is -0.333. The first kappa shape index (κ1) is 15.0. The van der Waals surface area contributed by atoms with Crippen molar-refractivity contribution in [3.05, 3.63) is 0 Å². The number of amides is 2. The molecular formula is C16H26N2O3. The Bertz CT molecular complexity index is 443. The SMILES string of the molecule is COC1CC(NC2CC(=O)N(C3CCCC3)C2=O)C1(C)C. The first-order chi connectivity index (χ1) is 9.95. The lowest BCUT2D eigenvalue weighted by atomic mass is 9.64. The monoisotopic (exact) mass is 294 g/mol. The number of methoxy groups -OCH3 is 1. The summed E-state index contributed by atoms with van der Waals surface area (Å²) in [6, 6.07) is 0.0610. The molecule has 118 valence electrons. The highest BCUT2D eigenvalue weighted by molar-refractivity contribution is 6.05. The van der Waals surface area contributed by atoms with Crippen LogP contribution in [0.25, 0.3) is 0 Å². The van der Waals surface area contributed by atoms with Gasteiger partial charge in [0.25, 0.3) is 0 Å². The molecule has 0 aromatic carbocycles. The fraction of sp³-hybridized carbons (Fsp3) is 0.875. The zero-order valence-corrected chi connectivity index (χ0v) is 13.2. The van der Waals surface area contributed by atoms with E-state index < -0.39 is 0 Å². The maximum absolute atomic E-state index is 12.6. The normalized spacial score (nSPS) is 36.3. The average molecular weight is 294 g/mol. The third-order valence-electron chi connectivity index (χ3n) is 5.74. The maximum atomic E-state index is 12.6. The molecule has 5 nitrogen and oxygen atoms in total. The molecule has 0 radical (unpaired) electrons. The molecule has 1 heterocycles. The van der Waals surface area contributed by atoms with Gasteiger partial charge in [-0.2, -0.15) is 0 Å². The third kappa shape index (κ3) is 2.40. The first-order valence-corrected chi connectivity index (χ1v) is 8.10. The standard InChI is InChI=1S/C16H26N2O3/c1-16(2)12(9-13(16)21-3)17-11-8-14(19)18(15(11)20)10-6-4-5-7-10/h10-13,17H,4-9H2,1-3H3. The molecule has 3 rings (SSSR count). The van der Waals surface area contributed by atoms with Crippen LogP contribution in [0.15, 0.2) is 0 Å². The summed E-state index contributed by atoms with van der Waals surface area (Å²) in [5, 5.41) is 3.41. The van der Waals surface area contributed by atoms with Crippen LogP contribution < -0.4 is 5.32 Å². The number of imide groups is 1. The molecule has 0 spiro atoms.